The van der Waals surface area contributed by atoms with Crippen LogP contribution in [0.3, 0.4) is 0 Å². The van der Waals surface area contributed by atoms with Gasteiger partial charge in [-0.15, -0.1) is 0 Å². The minimum atomic E-state index is -0.488. The Morgan fingerprint density at radius 3 is 2.82 bits per heavy atom. The maximum absolute atomic E-state index is 11.9. The van der Waals surface area contributed by atoms with Crippen LogP contribution in [0, 0.1) is 11.8 Å². The summed E-state index contributed by atoms with van der Waals surface area (Å²) in [5.74, 6) is 5.50. The van der Waals surface area contributed by atoms with Gasteiger partial charge in [-0.1, -0.05) is 42.2 Å². The van der Waals surface area contributed by atoms with Gasteiger partial charge in [-0.25, -0.2) is 9.59 Å². The lowest BCUT2D eigenvalue weighted by Gasteiger charge is -2.05. The number of nitrogens with zero attached hydrogens (tertiary/aromatic N) is 1. The lowest BCUT2D eigenvalue weighted by Crippen LogP contribution is -2.24. The number of benzene rings is 2. The van der Waals surface area contributed by atoms with Gasteiger partial charge in [-0.05, 0) is 17.7 Å². The van der Waals surface area contributed by atoms with Crippen LogP contribution in [0.5, 0.6) is 0 Å². The van der Waals surface area contributed by atoms with Crippen LogP contribution < -0.4 is 5.32 Å². The Balaban J connectivity index is 1.52. The zero-order valence-corrected chi connectivity index (χ0v) is 15.3. The van der Waals surface area contributed by atoms with Gasteiger partial charge in [-0.2, -0.15) is 5.10 Å². The van der Waals surface area contributed by atoms with Gasteiger partial charge in [0.15, 0.2) is 0 Å². The molecular formula is C21H19N3O4. The van der Waals surface area contributed by atoms with Crippen LogP contribution in [0.15, 0.2) is 48.7 Å². The van der Waals surface area contributed by atoms with E-state index in [4.69, 9.17) is 9.47 Å². The highest BCUT2D eigenvalue weighted by atomic mass is 16.5. The van der Waals surface area contributed by atoms with E-state index < -0.39 is 12.1 Å². The van der Waals surface area contributed by atoms with Crippen LogP contribution in [0.4, 0.5) is 4.79 Å². The number of rotatable bonds is 5. The first-order chi connectivity index (χ1) is 13.7. The minimum absolute atomic E-state index is 0.221. The molecule has 7 heteroatoms. The van der Waals surface area contributed by atoms with Crippen molar-refractivity contribution in [1.82, 2.24) is 15.5 Å². The van der Waals surface area contributed by atoms with Crippen molar-refractivity contribution in [3.8, 4) is 11.8 Å². The van der Waals surface area contributed by atoms with Crippen molar-refractivity contribution in [3.05, 3.63) is 65.4 Å². The Morgan fingerprint density at radius 2 is 2.04 bits per heavy atom. The first-order valence-corrected chi connectivity index (χ1v) is 8.66. The maximum Gasteiger partial charge on any atom is 0.407 e. The molecule has 2 N–H and O–H groups in total. The van der Waals surface area contributed by atoms with Crippen LogP contribution in [0.2, 0.25) is 0 Å². The van der Waals surface area contributed by atoms with E-state index in [-0.39, 0.29) is 6.61 Å². The van der Waals surface area contributed by atoms with Gasteiger partial charge in [0.05, 0.1) is 24.4 Å². The molecule has 0 spiro atoms. The summed E-state index contributed by atoms with van der Waals surface area (Å²) in [6, 6.07) is 12.9. The maximum atomic E-state index is 11.9. The average molecular weight is 377 g/mol. The number of carbonyl (C=O) groups excluding carboxylic acids is 2. The smallest absolute Gasteiger partial charge is 0.407 e. The highest BCUT2D eigenvalue weighted by molar-refractivity contribution is 6.03. The molecule has 0 bridgehead atoms. The van der Waals surface area contributed by atoms with Crippen molar-refractivity contribution in [3.63, 3.8) is 0 Å². The molecule has 1 amide bonds. The monoisotopic (exact) mass is 377 g/mol. The van der Waals surface area contributed by atoms with E-state index in [2.05, 4.69) is 27.4 Å². The number of nitrogens with one attached hydrogen (secondary N) is 2. The number of aromatic amines is 1. The van der Waals surface area contributed by atoms with Crippen LogP contribution >= 0.6 is 0 Å². The zero-order valence-electron chi connectivity index (χ0n) is 15.3. The van der Waals surface area contributed by atoms with Gasteiger partial charge < -0.3 is 14.8 Å². The van der Waals surface area contributed by atoms with Crippen molar-refractivity contribution in [2.24, 2.45) is 0 Å². The van der Waals surface area contributed by atoms with Gasteiger partial charge >= 0.3 is 12.1 Å². The van der Waals surface area contributed by atoms with Crippen molar-refractivity contribution >= 4 is 23.0 Å². The number of fused-ring (bicyclic) bond motifs is 1. The lowest BCUT2D eigenvalue weighted by atomic mass is 10.1. The predicted molar refractivity (Wildman–Crippen MR) is 104 cm³/mol. The summed E-state index contributed by atoms with van der Waals surface area (Å²) in [7, 11) is 1.33. The number of aromatic nitrogens is 2. The molecule has 28 heavy (non-hydrogen) atoms. The molecule has 0 aliphatic heterocycles. The second-order valence-electron chi connectivity index (χ2n) is 5.89. The highest BCUT2D eigenvalue weighted by Crippen LogP contribution is 2.19. The number of H-pyrrole nitrogens is 1. The van der Waals surface area contributed by atoms with E-state index in [1.807, 2.05) is 36.4 Å². The molecule has 0 unspecified atom stereocenters. The number of carbonyl (C=O) groups is 2. The summed E-state index contributed by atoms with van der Waals surface area (Å²) in [6.07, 6.45) is 1.52. The third-order valence-corrected chi connectivity index (χ3v) is 3.93. The first kappa shape index (κ1) is 19.0. The number of hydrogen-bond acceptors (Lipinski definition) is 5. The molecule has 2 aromatic carbocycles. The SMILES string of the molecule is COC(=O)c1cc(C#CCCNC(=O)OCc2ccccc2)cc2[nH]ncc12. The van der Waals surface area contributed by atoms with Crippen LogP contribution in [-0.4, -0.2) is 35.9 Å². The van der Waals surface area contributed by atoms with E-state index in [9.17, 15) is 9.59 Å². The predicted octanol–water partition coefficient (Wildman–Crippen LogP) is 3.02. The molecular weight excluding hydrogens is 358 g/mol. The van der Waals surface area contributed by atoms with Gasteiger partial charge in [0.1, 0.15) is 6.61 Å². The molecule has 0 saturated heterocycles. The van der Waals surface area contributed by atoms with E-state index in [1.165, 1.54) is 7.11 Å². The summed E-state index contributed by atoms with van der Waals surface area (Å²) >= 11 is 0. The molecule has 7 nitrogen and oxygen atoms in total. The van der Waals surface area contributed by atoms with E-state index in [0.717, 1.165) is 5.56 Å². The standard InChI is InChI=1S/C21H19N3O4/c1-27-20(25)17-11-16(12-19-18(17)13-23-24-19)9-5-6-10-22-21(26)28-14-15-7-3-2-4-8-15/h2-4,7-8,11-13H,6,10,14H2,1H3,(H,22,26)(H,23,24). The third kappa shape index (κ3) is 4.89. The number of amides is 1. The van der Waals surface area contributed by atoms with Crippen molar-refractivity contribution in [2.75, 3.05) is 13.7 Å². The second-order valence-corrected chi connectivity index (χ2v) is 5.89. The van der Waals surface area contributed by atoms with E-state index in [0.29, 0.717) is 35.0 Å². The fraction of sp³-hybridized carbons (Fsp3) is 0.190. The Hall–Kier alpha value is -3.79. The molecule has 0 saturated carbocycles. The topological polar surface area (TPSA) is 93.3 Å². The fourth-order valence-corrected chi connectivity index (χ4v) is 2.57. The molecule has 0 fully saturated rings. The fourth-order valence-electron chi connectivity index (χ4n) is 2.57. The Morgan fingerprint density at radius 1 is 1.21 bits per heavy atom. The van der Waals surface area contributed by atoms with Gasteiger partial charge in [0.2, 0.25) is 0 Å². The first-order valence-electron chi connectivity index (χ1n) is 8.66. The van der Waals surface area contributed by atoms with Crippen molar-refractivity contribution in [2.45, 2.75) is 13.0 Å². The Bertz CT molecular complexity index is 1030. The minimum Gasteiger partial charge on any atom is -0.465 e. The molecule has 3 aromatic rings. The number of esters is 1. The molecule has 0 radical (unpaired) electrons. The van der Waals surface area contributed by atoms with E-state index in [1.54, 1.807) is 12.3 Å². The average Bonchev–Trinajstić information content (AvgIpc) is 3.20. The summed E-state index contributed by atoms with van der Waals surface area (Å²) in [5.41, 5.74) is 2.69. The second kappa shape index (κ2) is 9.24. The molecule has 3 rings (SSSR count). The molecule has 0 aliphatic rings. The normalized spacial score (nSPS) is 10.0. The van der Waals surface area contributed by atoms with Gasteiger partial charge in [0, 0.05) is 23.9 Å². The lowest BCUT2D eigenvalue weighted by molar-refractivity contribution is 0.0603. The van der Waals surface area contributed by atoms with Crippen molar-refractivity contribution in [1.29, 1.82) is 0 Å². The summed E-state index contributed by atoms with van der Waals surface area (Å²) < 4.78 is 9.93. The molecule has 1 aromatic heterocycles. The molecule has 142 valence electrons. The molecule has 0 atom stereocenters. The zero-order chi connectivity index (χ0) is 19.8. The Labute approximate surface area is 162 Å². The number of ether oxygens (including phenoxy) is 2. The highest BCUT2D eigenvalue weighted by Gasteiger charge is 2.12. The van der Waals surface area contributed by atoms with Gasteiger partial charge in [-0.3, -0.25) is 5.10 Å². The summed E-state index contributed by atoms with van der Waals surface area (Å²) in [5, 5.41) is 10.1. The van der Waals surface area contributed by atoms with Crippen LogP contribution in [0.25, 0.3) is 10.9 Å². The quantitative estimate of drug-likeness (QED) is 0.405. The van der Waals surface area contributed by atoms with Crippen LogP contribution in [-0.2, 0) is 16.1 Å². The number of methoxy groups -OCH3 is 1. The third-order valence-electron chi connectivity index (χ3n) is 3.93. The summed E-state index contributed by atoms with van der Waals surface area (Å²) in [4.78, 5) is 23.6. The van der Waals surface area contributed by atoms with Crippen LogP contribution in [0.1, 0.15) is 27.9 Å². The van der Waals surface area contributed by atoms with Gasteiger partial charge in [0.25, 0.3) is 0 Å². The van der Waals surface area contributed by atoms with E-state index >= 15 is 0 Å². The number of hydrogen-bond donors (Lipinski definition) is 2. The Kier molecular flexibility index (Phi) is 6.26. The summed E-state index contributed by atoms with van der Waals surface area (Å²) in [6.45, 7) is 0.579. The largest absolute Gasteiger partial charge is 0.465 e. The molecule has 1 heterocycles. The van der Waals surface area contributed by atoms with Crippen molar-refractivity contribution < 1.29 is 19.1 Å². The molecule has 0 aliphatic carbocycles. The number of alkyl carbamates (subject to hydrolysis) is 1.